The average molecular weight is 431 g/mol. The van der Waals surface area contributed by atoms with E-state index < -0.39 is 0 Å². The molecule has 1 atom stereocenters. The van der Waals surface area contributed by atoms with Gasteiger partial charge in [-0.15, -0.1) is 0 Å². The van der Waals surface area contributed by atoms with Crippen molar-refractivity contribution in [3.05, 3.63) is 36.0 Å². The quantitative estimate of drug-likeness (QED) is 0.544. The number of aromatic nitrogens is 1. The fraction of sp³-hybridized carbons (Fsp3) is 0.500. The number of rotatable bonds is 11. The van der Waals surface area contributed by atoms with Gasteiger partial charge >= 0.3 is 0 Å². The van der Waals surface area contributed by atoms with Gasteiger partial charge in [0, 0.05) is 51.4 Å². The van der Waals surface area contributed by atoms with E-state index in [0.29, 0.717) is 37.8 Å². The molecule has 1 aliphatic rings. The molecule has 2 heterocycles. The third-order valence-electron chi connectivity index (χ3n) is 5.06. The predicted molar refractivity (Wildman–Crippen MR) is 113 cm³/mol. The summed E-state index contributed by atoms with van der Waals surface area (Å²) < 4.78 is 21.3. The Bertz CT molecular complexity index is 862. The summed E-state index contributed by atoms with van der Waals surface area (Å²) in [5, 5.41) is 6.73. The van der Waals surface area contributed by atoms with Gasteiger partial charge in [-0.25, -0.2) is 0 Å². The highest BCUT2D eigenvalue weighted by Crippen LogP contribution is 2.25. The van der Waals surface area contributed by atoms with Crippen molar-refractivity contribution >= 4 is 11.8 Å². The van der Waals surface area contributed by atoms with Gasteiger partial charge in [0.2, 0.25) is 5.91 Å². The Kier molecular flexibility index (Phi) is 8.43. The fourth-order valence-electron chi connectivity index (χ4n) is 3.38. The molecule has 1 aliphatic heterocycles. The molecule has 31 heavy (non-hydrogen) atoms. The fourth-order valence-corrected chi connectivity index (χ4v) is 3.38. The predicted octanol–water partition coefficient (Wildman–Crippen LogP) is 2.12. The van der Waals surface area contributed by atoms with Crippen LogP contribution in [-0.4, -0.2) is 75.0 Å². The normalized spacial score (nSPS) is 15.6. The molecule has 1 aromatic heterocycles. The van der Waals surface area contributed by atoms with E-state index >= 15 is 0 Å². The molecule has 9 heteroatoms. The third-order valence-corrected chi connectivity index (χ3v) is 5.06. The summed E-state index contributed by atoms with van der Waals surface area (Å²) in [4.78, 5) is 26.8. The molecule has 0 bridgehead atoms. The molecular formula is C22H29N3O6. The first-order valence-corrected chi connectivity index (χ1v) is 10.4. The molecule has 2 aromatic rings. The number of carbonyl (C=O) groups excluding carboxylic acids is 2. The Hall–Kier alpha value is -2.91. The Morgan fingerprint density at radius 3 is 2.90 bits per heavy atom. The first-order valence-electron chi connectivity index (χ1n) is 10.4. The van der Waals surface area contributed by atoms with Crippen LogP contribution in [0.25, 0.3) is 11.3 Å². The monoisotopic (exact) mass is 431 g/mol. The number of hydrogen-bond acceptors (Lipinski definition) is 7. The van der Waals surface area contributed by atoms with Gasteiger partial charge in [0.05, 0.1) is 19.8 Å². The number of hydrogen-bond donors (Lipinski definition) is 1. The maximum atomic E-state index is 13.1. The van der Waals surface area contributed by atoms with Crippen LogP contribution in [0.5, 0.6) is 5.75 Å². The van der Waals surface area contributed by atoms with E-state index in [0.717, 1.165) is 18.4 Å². The highest BCUT2D eigenvalue weighted by atomic mass is 16.5. The van der Waals surface area contributed by atoms with Crippen LogP contribution in [0, 0.1) is 0 Å². The molecular weight excluding hydrogens is 402 g/mol. The lowest BCUT2D eigenvalue weighted by molar-refractivity contribution is -0.121. The van der Waals surface area contributed by atoms with Gasteiger partial charge in [0.1, 0.15) is 5.75 Å². The highest BCUT2D eigenvalue weighted by molar-refractivity contribution is 5.93. The molecule has 1 aromatic carbocycles. The van der Waals surface area contributed by atoms with Gasteiger partial charge in [0.15, 0.2) is 11.5 Å². The Morgan fingerprint density at radius 1 is 1.29 bits per heavy atom. The van der Waals surface area contributed by atoms with Crippen molar-refractivity contribution in [2.75, 3.05) is 47.1 Å². The maximum Gasteiger partial charge on any atom is 0.276 e. The Labute approximate surface area is 181 Å². The van der Waals surface area contributed by atoms with Gasteiger partial charge < -0.3 is 29.0 Å². The summed E-state index contributed by atoms with van der Waals surface area (Å²) in [5.41, 5.74) is 0.949. The van der Waals surface area contributed by atoms with Gasteiger partial charge in [-0.3, -0.25) is 9.59 Å². The number of nitrogens with one attached hydrogen (secondary N) is 1. The molecule has 2 amide bonds. The smallest absolute Gasteiger partial charge is 0.276 e. The number of amides is 2. The van der Waals surface area contributed by atoms with Crippen LogP contribution in [0.1, 0.15) is 29.8 Å². The van der Waals surface area contributed by atoms with Crippen LogP contribution in [0.4, 0.5) is 0 Å². The largest absolute Gasteiger partial charge is 0.497 e. The summed E-state index contributed by atoms with van der Waals surface area (Å²) in [7, 11) is 3.16. The number of ether oxygens (including phenoxy) is 3. The summed E-state index contributed by atoms with van der Waals surface area (Å²) in [6.07, 6.45) is 2.00. The standard InChI is InChI=1S/C22H29N3O6/c1-28-12-9-23-21(26)8-10-25(15-18-7-4-11-30-18)22(27)19-14-20(31-24-19)16-5-3-6-17(13-16)29-2/h3,5-6,13-14,18H,4,7-12,15H2,1-2H3,(H,23,26). The van der Waals surface area contributed by atoms with E-state index in [-0.39, 0.29) is 36.6 Å². The molecule has 1 saturated heterocycles. The van der Waals surface area contributed by atoms with E-state index in [9.17, 15) is 9.59 Å². The van der Waals surface area contributed by atoms with E-state index in [2.05, 4.69) is 10.5 Å². The zero-order valence-electron chi connectivity index (χ0n) is 18.0. The van der Waals surface area contributed by atoms with Gasteiger partial charge in [-0.1, -0.05) is 17.3 Å². The van der Waals surface area contributed by atoms with Crippen LogP contribution in [0.15, 0.2) is 34.9 Å². The number of methoxy groups -OCH3 is 2. The van der Waals surface area contributed by atoms with Crippen molar-refractivity contribution < 1.29 is 28.3 Å². The molecule has 1 N–H and O–H groups in total. The molecule has 0 aliphatic carbocycles. The van der Waals surface area contributed by atoms with Crippen LogP contribution >= 0.6 is 0 Å². The van der Waals surface area contributed by atoms with Crippen molar-refractivity contribution in [1.82, 2.24) is 15.4 Å². The van der Waals surface area contributed by atoms with Gasteiger partial charge in [-0.2, -0.15) is 0 Å². The molecule has 1 unspecified atom stereocenters. The SMILES string of the molecule is COCCNC(=O)CCN(CC1CCCO1)C(=O)c1cc(-c2cccc(OC)c2)on1. The molecule has 0 saturated carbocycles. The number of benzene rings is 1. The van der Waals surface area contributed by atoms with E-state index in [1.54, 1.807) is 25.2 Å². The number of nitrogens with zero attached hydrogens (tertiary/aromatic N) is 2. The van der Waals surface area contributed by atoms with Crippen molar-refractivity contribution in [2.24, 2.45) is 0 Å². The highest BCUT2D eigenvalue weighted by Gasteiger charge is 2.26. The molecule has 9 nitrogen and oxygen atoms in total. The number of carbonyl (C=O) groups is 2. The third kappa shape index (κ3) is 6.53. The average Bonchev–Trinajstić information content (AvgIpc) is 3.48. The summed E-state index contributed by atoms with van der Waals surface area (Å²) in [6, 6.07) is 8.93. The second kappa shape index (κ2) is 11.5. The zero-order chi connectivity index (χ0) is 22.1. The van der Waals surface area contributed by atoms with Crippen LogP contribution < -0.4 is 10.1 Å². The summed E-state index contributed by atoms with van der Waals surface area (Å²) >= 11 is 0. The zero-order valence-corrected chi connectivity index (χ0v) is 18.0. The lowest BCUT2D eigenvalue weighted by atomic mass is 10.1. The minimum absolute atomic E-state index is 0.0368. The van der Waals surface area contributed by atoms with E-state index in [1.165, 1.54) is 0 Å². The van der Waals surface area contributed by atoms with E-state index in [1.807, 2.05) is 24.3 Å². The van der Waals surface area contributed by atoms with Crippen molar-refractivity contribution in [3.8, 4) is 17.1 Å². The van der Waals surface area contributed by atoms with Gasteiger partial charge in [0.25, 0.3) is 5.91 Å². The lowest BCUT2D eigenvalue weighted by Gasteiger charge is -2.24. The maximum absolute atomic E-state index is 13.1. The molecule has 3 rings (SSSR count). The molecule has 1 fully saturated rings. The summed E-state index contributed by atoms with van der Waals surface area (Å²) in [6.45, 7) is 2.23. The van der Waals surface area contributed by atoms with Gasteiger partial charge in [-0.05, 0) is 25.0 Å². The molecule has 0 spiro atoms. The first kappa shape index (κ1) is 22.8. The van der Waals surface area contributed by atoms with Crippen molar-refractivity contribution in [3.63, 3.8) is 0 Å². The minimum Gasteiger partial charge on any atom is -0.497 e. The lowest BCUT2D eigenvalue weighted by Crippen LogP contribution is -2.40. The van der Waals surface area contributed by atoms with Crippen LogP contribution in [0.3, 0.4) is 0 Å². The minimum atomic E-state index is -0.293. The Morgan fingerprint density at radius 2 is 2.16 bits per heavy atom. The van der Waals surface area contributed by atoms with Crippen molar-refractivity contribution in [2.45, 2.75) is 25.4 Å². The second-order valence-corrected chi connectivity index (χ2v) is 7.29. The molecule has 168 valence electrons. The topological polar surface area (TPSA) is 103 Å². The molecule has 0 radical (unpaired) electrons. The summed E-state index contributed by atoms with van der Waals surface area (Å²) in [5.74, 6) is 0.718. The van der Waals surface area contributed by atoms with Crippen LogP contribution in [-0.2, 0) is 14.3 Å². The van der Waals surface area contributed by atoms with E-state index in [4.69, 9.17) is 18.7 Å². The van der Waals surface area contributed by atoms with Crippen molar-refractivity contribution in [1.29, 1.82) is 0 Å². The first-order chi connectivity index (χ1) is 15.1. The second-order valence-electron chi connectivity index (χ2n) is 7.29. The van der Waals surface area contributed by atoms with Crippen LogP contribution in [0.2, 0.25) is 0 Å². The Balaban J connectivity index is 1.68.